The molecule has 0 radical (unpaired) electrons. The molecule has 3 aromatic carbocycles. The first-order valence-electron chi connectivity index (χ1n) is 9.13. The topological polar surface area (TPSA) is 81.4 Å². The molecule has 4 aromatic rings. The van der Waals surface area contributed by atoms with Gasteiger partial charge in [-0.1, -0.05) is 48.5 Å². The van der Waals surface area contributed by atoms with Crippen molar-refractivity contribution in [2.24, 2.45) is 0 Å². The Balaban J connectivity index is 1.39. The molecule has 0 bridgehead atoms. The molecule has 0 saturated heterocycles. The highest BCUT2D eigenvalue weighted by atomic mass is 16.5. The molecule has 1 amide bonds. The van der Waals surface area contributed by atoms with Crippen molar-refractivity contribution < 1.29 is 18.7 Å². The largest absolute Gasteiger partial charge is 0.449 e. The number of rotatable bonds is 5. The van der Waals surface area contributed by atoms with E-state index in [1.807, 2.05) is 60.7 Å². The fourth-order valence-electron chi connectivity index (χ4n) is 2.94. The third kappa shape index (κ3) is 4.16. The van der Waals surface area contributed by atoms with Crippen molar-refractivity contribution in [3.63, 3.8) is 0 Å². The number of amides is 1. The van der Waals surface area contributed by atoms with Crippen molar-refractivity contribution in [2.45, 2.75) is 13.0 Å². The Morgan fingerprint density at radius 3 is 2.66 bits per heavy atom. The maximum absolute atomic E-state index is 12.4. The minimum absolute atomic E-state index is 0.288. The van der Waals surface area contributed by atoms with Crippen molar-refractivity contribution in [1.82, 2.24) is 4.98 Å². The average molecular weight is 386 g/mol. The highest BCUT2D eigenvalue weighted by Crippen LogP contribution is 2.23. The van der Waals surface area contributed by atoms with E-state index in [4.69, 9.17) is 9.15 Å². The number of aromatic nitrogens is 1. The highest BCUT2D eigenvalue weighted by Gasteiger charge is 2.17. The highest BCUT2D eigenvalue weighted by molar-refractivity contribution is 6.04. The molecule has 1 N–H and O–H groups in total. The Kier molecular flexibility index (Phi) is 5.07. The van der Waals surface area contributed by atoms with Crippen LogP contribution in [0.5, 0.6) is 0 Å². The second-order valence-corrected chi connectivity index (χ2v) is 6.45. The Morgan fingerprint density at radius 2 is 1.79 bits per heavy atom. The van der Waals surface area contributed by atoms with Gasteiger partial charge in [0.15, 0.2) is 11.7 Å². The number of fused-ring (bicyclic) bond motifs is 2. The predicted molar refractivity (Wildman–Crippen MR) is 111 cm³/mol. The average Bonchev–Trinajstić information content (AvgIpc) is 3.15. The standard InChI is InChI=1S/C23H18N2O4/c1-15(23(27)25-18-11-6-8-16-7-2-3-9-17(16)18)28-22(26)14-13-21-24-19-10-4-5-12-20(19)29-21/h2-15H,1H3,(H,25,27)/b14-13+/t15-/m0/s1. The van der Waals surface area contributed by atoms with E-state index in [1.54, 1.807) is 6.07 Å². The number of esters is 1. The molecule has 144 valence electrons. The van der Waals surface area contributed by atoms with Gasteiger partial charge in [-0.3, -0.25) is 4.79 Å². The van der Waals surface area contributed by atoms with Crippen LogP contribution in [0, 0.1) is 0 Å². The molecule has 1 atom stereocenters. The number of oxazole rings is 1. The number of nitrogens with zero attached hydrogens (tertiary/aromatic N) is 1. The van der Waals surface area contributed by atoms with E-state index >= 15 is 0 Å². The summed E-state index contributed by atoms with van der Waals surface area (Å²) in [6.07, 6.45) is 1.64. The van der Waals surface area contributed by atoms with E-state index in [9.17, 15) is 9.59 Å². The molecular weight excluding hydrogens is 368 g/mol. The zero-order valence-electron chi connectivity index (χ0n) is 15.7. The van der Waals surface area contributed by atoms with Gasteiger partial charge in [-0.25, -0.2) is 9.78 Å². The number of hydrogen-bond donors (Lipinski definition) is 1. The Morgan fingerprint density at radius 1 is 1.03 bits per heavy atom. The first kappa shape index (κ1) is 18.4. The van der Waals surface area contributed by atoms with Gasteiger partial charge in [0, 0.05) is 23.2 Å². The SMILES string of the molecule is C[C@H](OC(=O)/C=C/c1nc2ccccc2o1)C(=O)Nc1cccc2ccccc12. The maximum Gasteiger partial charge on any atom is 0.331 e. The van der Waals surface area contributed by atoms with Crippen molar-refractivity contribution in [3.8, 4) is 0 Å². The van der Waals surface area contributed by atoms with Crippen molar-refractivity contribution in [3.05, 3.63) is 78.7 Å². The van der Waals surface area contributed by atoms with Gasteiger partial charge < -0.3 is 14.5 Å². The van der Waals surface area contributed by atoms with Crippen LogP contribution in [0.2, 0.25) is 0 Å². The molecule has 0 saturated carbocycles. The predicted octanol–water partition coefficient (Wildman–Crippen LogP) is 4.56. The quantitative estimate of drug-likeness (QED) is 0.401. The van der Waals surface area contributed by atoms with Crippen LogP contribution in [0.15, 0.2) is 77.2 Å². The Bertz CT molecular complexity index is 1190. The maximum atomic E-state index is 12.4. The summed E-state index contributed by atoms with van der Waals surface area (Å²) in [7, 11) is 0. The van der Waals surface area contributed by atoms with Gasteiger partial charge in [0.2, 0.25) is 5.89 Å². The molecule has 0 spiro atoms. The molecule has 4 rings (SSSR count). The molecule has 1 heterocycles. The van der Waals surface area contributed by atoms with Gasteiger partial charge in [-0.2, -0.15) is 0 Å². The lowest BCUT2D eigenvalue weighted by molar-refractivity contribution is -0.148. The minimum atomic E-state index is -0.963. The van der Waals surface area contributed by atoms with Gasteiger partial charge in [0.1, 0.15) is 5.52 Å². The lowest BCUT2D eigenvalue weighted by Crippen LogP contribution is -2.29. The number of carbonyl (C=O) groups is 2. The van der Waals surface area contributed by atoms with Crippen LogP contribution in [0.4, 0.5) is 5.69 Å². The van der Waals surface area contributed by atoms with E-state index in [0.29, 0.717) is 16.8 Å². The summed E-state index contributed by atoms with van der Waals surface area (Å²) < 4.78 is 10.7. The van der Waals surface area contributed by atoms with Crippen LogP contribution in [-0.2, 0) is 14.3 Å². The lowest BCUT2D eigenvalue weighted by Gasteiger charge is -2.13. The summed E-state index contributed by atoms with van der Waals surface area (Å²) in [5.41, 5.74) is 1.99. The Labute approximate surface area is 166 Å². The summed E-state index contributed by atoms with van der Waals surface area (Å²) in [5, 5.41) is 4.74. The molecular formula is C23H18N2O4. The summed E-state index contributed by atoms with van der Waals surface area (Å²) in [6.45, 7) is 1.52. The number of anilines is 1. The van der Waals surface area contributed by atoms with Crippen LogP contribution >= 0.6 is 0 Å². The summed E-state index contributed by atoms with van der Waals surface area (Å²) in [5.74, 6) is -0.784. The van der Waals surface area contributed by atoms with E-state index in [0.717, 1.165) is 10.8 Å². The number of ether oxygens (including phenoxy) is 1. The van der Waals surface area contributed by atoms with Crippen molar-refractivity contribution in [2.75, 3.05) is 5.32 Å². The minimum Gasteiger partial charge on any atom is -0.449 e. The van der Waals surface area contributed by atoms with Crippen LogP contribution < -0.4 is 5.32 Å². The van der Waals surface area contributed by atoms with Crippen molar-refractivity contribution in [1.29, 1.82) is 0 Å². The molecule has 0 fully saturated rings. The fraction of sp³-hybridized carbons (Fsp3) is 0.0870. The van der Waals surface area contributed by atoms with Crippen LogP contribution in [0.3, 0.4) is 0 Å². The first-order valence-corrected chi connectivity index (χ1v) is 9.13. The number of para-hydroxylation sites is 2. The van der Waals surface area contributed by atoms with E-state index < -0.39 is 18.0 Å². The summed E-state index contributed by atoms with van der Waals surface area (Å²) in [4.78, 5) is 28.7. The van der Waals surface area contributed by atoms with E-state index in [1.165, 1.54) is 19.1 Å². The van der Waals surface area contributed by atoms with E-state index in [-0.39, 0.29) is 5.89 Å². The number of benzene rings is 3. The molecule has 6 heteroatoms. The third-order valence-electron chi connectivity index (χ3n) is 4.38. The second kappa shape index (κ2) is 7.98. The number of nitrogens with one attached hydrogen (secondary N) is 1. The molecule has 0 aliphatic rings. The number of carbonyl (C=O) groups excluding carboxylic acids is 2. The van der Waals surface area contributed by atoms with Gasteiger partial charge in [-0.05, 0) is 30.5 Å². The van der Waals surface area contributed by atoms with E-state index in [2.05, 4.69) is 10.3 Å². The van der Waals surface area contributed by atoms with Crippen LogP contribution in [-0.4, -0.2) is 23.0 Å². The van der Waals surface area contributed by atoms with Gasteiger partial charge in [-0.15, -0.1) is 0 Å². The fourth-order valence-corrected chi connectivity index (χ4v) is 2.94. The lowest BCUT2D eigenvalue weighted by atomic mass is 10.1. The van der Waals surface area contributed by atoms with Crippen molar-refractivity contribution >= 4 is 45.5 Å². The molecule has 1 aromatic heterocycles. The third-order valence-corrected chi connectivity index (χ3v) is 4.38. The second-order valence-electron chi connectivity index (χ2n) is 6.45. The first-order chi connectivity index (χ1) is 14.1. The molecule has 0 unspecified atom stereocenters. The van der Waals surface area contributed by atoms with Gasteiger partial charge in [0.25, 0.3) is 5.91 Å². The molecule has 0 aliphatic carbocycles. The van der Waals surface area contributed by atoms with Gasteiger partial charge in [0.05, 0.1) is 0 Å². The Hall–Kier alpha value is -3.93. The zero-order valence-corrected chi connectivity index (χ0v) is 15.7. The van der Waals surface area contributed by atoms with Crippen LogP contribution in [0.1, 0.15) is 12.8 Å². The van der Waals surface area contributed by atoms with Gasteiger partial charge >= 0.3 is 5.97 Å². The molecule has 6 nitrogen and oxygen atoms in total. The summed E-state index contributed by atoms with van der Waals surface area (Å²) >= 11 is 0. The smallest absolute Gasteiger partial charge is 0.331 e. The normalized spacial score (nSPS) is 12.3. The van der Waals surface area contributed by atoms with Crippen LogP contribution in [0.25, 0.3) is 27.9 Å². The molecule has 29 heavy (non-hydrogen) atoms. The monoisotopic (exact) mass is 386 g/mol. The molecule has 0 aliphatic heterocycles. The zero-order chi connectivity index (χ0) is 20.2. The number of hydrogen-bond acceptors (Lipinski definition) is 5. The summed E-state index contributed by atoms with van der Waals surface area (Å²) in [6, 6.07) is 20.6.